The molecule has 1 aliphatic carbocycles. The second-order valence-corrected chi connectivity index (χ2v) is 7.89. The minimum atomic E-state index is -1.07. The van der Waals surface area contributed by atoms with Gasteiger partial charge in [-0.1, -0.05) is 13.8 Å². The van der Waals surface area contributed by atoms with Gasteiger partial charge in [-0.25, -0.2) is 9.78 Å². The number of carbonyl (C=O) groups excluding carboxylic acids is 2. The second kappa shape index (κ2) is 10.1. The molecule has 2 heterocycles. The highest BCUT2D eigenvalue weighted by atomic mass is 16.5. The van der Waals surface area contributed by atoms with Gasteiger partial charge in [0.15, 0.2) is 0 Å². The first kappa shape index (κ1) is 22.3. The van der Waals surface area contributed by atoms with Crippen LogP contribution in [-0.4, -0.2) is 55.5 Å². The summed E-state index contributed by atoms with van der Waals surface area (Å²) in [5.74, 6) is 0.168. The lowest BCUT2D eigenvalue weighted by molar-refractivity contribution is -0.151. The molecule has 1 aromatic rings. The Hall–Kier alpha value is -2.35. The van der Waals surface area contributed by atoms with E-state index >= 15 is 0 Å². The minimum absolute atomic E-state index is 0.220. The van der Waals surface area contributed by atoms with Crippen molar-refractivity contribution in [3.05, 3.63) is 17.8 Å². The summed E-state index contributed by atoms with van der Waals surface area (Å²) in [5.41, 5.74) is -0.0176. The lowest BCUT2D eigenvalue weighted by Crippen LogP contribution is -2.54. The Morgan fingerprint density at radius 1 is 1.27 bits per heavy atom. The summed E-state index contributed by atoms with van der Waals surface area (Å²) in [7, 11) is 0. The van der Waals surface area contributed by atoms with E-state index in [-0.39, 0.29) is 12.3 Å². The zero-order chi connectivity index (χ0) is 21.6. The summed E-state index contributed by atoms with van der Waals surface area (Å²) >= 11 is 0. The van der Waals surface area contributed by atoms with Crippen molar-refractivity contribution in [2.45, 2.75) is 58.4 Å². The highest BCUT2D eigenvalue weighted by Gasteiger charge is 2.38. The maximum Gasteiger partial charge on any atom is 0.331 e. The summed E-state index contributed by atoms with van der Waals surface area (Å²) < 4.78 is 16.8. The van der Waals surface area contributed by atoms with Crippen LogP contribution in [0, 0.1) is 5.92 Å². The number of carbonyl (C=O) groups is 2. The molecule has 30 heavy (non-hydrogen) atoms. The number of anilines is 1. The number of hydrogen-bond donors (Lipinski definition) is 1. The van der Waals surface area contributed by atoms with Crippen molar-refractivity contribution in [3.63, 3.8) is 0 Å². The van der Waals surface area contributed by atoms with Gasteiger partial charge in [-0.2, -0.15) is 0 Å². The molecule has 8 nitrogen and oxygen atoms in total. The molecule has 8 heteroatoms. The molecule has 166 valence electrons. The van der Waals surface area contributed by atoms with Crippen LogP contribution >= 0.6 is 0 Å². The van der Waals surface area contributed by atoms with Crippen LogP contribution in [-0.2, 0) is 14.3 Å². The molecular weight excluding hydrogens is 386 g/mol. The Bertz CT molecular complexity index is 740. The number of ether oxygens (including phenoxy) is 3. The number of nitrogens with zero attached hydrogens (tertiary/aromatic N) is 2. The molecule has 0 radical (unpaired) electrons. The third kappa shape index (κ3) is 5.22. The SMILES string of the molecule is CCOC(=O)C(CC)(CC)NC(=O)c1ccc(N2CCCOC2)c(OCC2CC2)n1. The number of esters is 1. The number of amides is 1. The summed E-state index contributed by atoms with van der Waals surface area (Å²) in [5, 5.41) is 2.86. The van der Waals surface area contributed by atoms with Crippen LogP contribution in [0.3, 0.4) is 0 Å². The van der Waals surface area contributed by atoms with E-state index in [2.05, 4.69) is 15.2 Å². The Balaban J connectivity index is 1.81. The van der Waals surface area contributed by atoms with Crippen LogP contribution in [0.4, 0.5) is 5.69 Å². The second-order valence-electron chi connectivity index (χ2n) is 7.89. The summed E-state index contributed by atoms with van der Waals surface area (Å²) in [6, 6.07) is 3.52. The highest BCUT2D eigenvalue weighted by Crippen LogP contribution is 2.33. The van der Waals surface area contributed by atoms with Gasteiger partial charge in [0.25, 0.3) is 5.91 Å². The number of aromatic nitrogens is 1. The summed E-state index contributed by atoms with van der Waals surface area (Å²) in [4.78, 5) is 32.1. The van der Waals surface area contributed by atoms with E-state index in [1.807, 2.05) is 19.9 Å². The highest BCUT2D eigenvalue weighted by molar-refractivity contribution is 5.97. The Labute approximate surface area is 178 Å². The van der Waals surface area contributed by atoms with Gasteiger partial charge in [0.2, 0.25) is 5.88 Å². The van der Waals surface area contributed by atoms with Crippen LogP contribution in [0.1, 0.15) is 63.4 Å². The Morgan fingerprint density at radius 3 is 2.63 bits per heavy atom. The van der Waals surface area contributed by atoms with Gasteiger partial charge in [0, 0.05) is 6.54 Å². The van der Waals surface area contributed by atoms with Gasteiger partial charge in [0.05, 0.1) is 19.8 Å². The van der Waals surface area contributed by atoms with Crippen molar-refractivity contribution in [2.75, 3.05) is 38.0 Å². The maximum atomic E-state index is 13.0. The molecule has 0 atom stereocenters. The number of pyridine rings is 1. The average Bonchev–Trinajstić information content (AvgIpc) is 3.61. The van der Waals surface area contributed by atoms with E-state index in [0.717, 1.165) is 38.1 Å². The summed E-state index contributed by atoms with van der Waals surface area (Å²) in [6.45, 7) is 8.40. The molecule has 3 rings (SSSR count). The van der Waals surface area contributed by atoms with Crippen LogP contribution in [0.2, 0.25) is 0 Å². The minimum Gasteiger partial charge on any atom is -0.476 e. The molecular formula is C22H33N3O5. The van der Waals surface area contributed by atoms with Crippen LogP contribution in [0.25, 0.3) is 0 Å². The van der Waals surface area contributed by atoms with Crippen molar-refractivity contribution in [3.8, 4) is 5.88 Å². The molecule has 1 aromatic heterocycles. The van der Waals surface area contributed by atoms with Crippen molar-refractivity contribution in [2.24, 2.45) is 5.92 Å². The van der Waals surface area contributed by atoms with E-state index in [1.165, 1.54) is 0 Å². The quantitative estimate of drug-likeness (QED) is 0.583. The van der Waals surface area contributed by atoms with E-state index in [4.69, 9.17) is 14.2 Å². The molecule has 0 aromatic carbocycles. The van der Waals surface area contributed by atoms with E-state index in [1.54, 1.807) is 13.0 Å². The largest absolute Gasteiger partial charge is 0.476 e. The van der Waals surface area contributed by atoms with Crippen molar-refractivity contribution in [1.82, 2.24) is 10.3 Å². The molecule has 1 saturated carbocycles. The maximum absolute atomic E-state index is 13.0. The molecule has 1 N–H and O–H groups in total. The van der Waals surface area contributed by atoms with Gasteiger partial charge < -0.3 is 24.4 Å². The summed E-state index contributed by atoms with van der Waals surface area (Å²) in [6.07, 6.45) is 4.12. The monoisotopic (exact) mass is 419 g/mol. The van der Waals surface area contributed by atoms with Crippen molar-refractivity contribution >= 4 is 17.6 Å². The average molecular weight is 420 g/mol. The zero-order valence-electron chi connectivity index (χ0n) is 18.2. The molecule has 0 spiro atoms. The van der Waals surface area contributed by atoms with E-state index in [0.29, 0.717) is 38.0 Å². The fourth-order valence-corrected chi connectivity index (χ4v) is 3.49. The molecule has 1 saturated heterocycles. The fraction of sp³-hybridized carbons (Fsp3) is 0.682. The molecule has 2 aliphatic rings. The lowest BCUT2D eigenvalue weighted by atomic mass is 9.92. The number of rotatable bonds is 10. The molecule has 1 aliphatic heterocycles. The standard InChI is InChI=1S/C22H33N3O5/c1-4-22(5-2,21(27)29-6-3)24-19(26)17-10-11-18(25-12-7-13-28-15-25)20(23-17)30-14-16-8-9-16/h10-11,16H,4-9,12-15H2,1-3H3,(H,24,26). The zero-order valence-corrected chi connectivity index (χ0v) is 18.2. The van der Waals surface area contributed by atoms with Gasteiger partial charge in [-0.3, -0.25) is 4.79 Å². The van der Waals surface area contributed by atoms with Gasteiger partial charge in [-0.15, -0.1) is 0 Å². The predicted octanol–water partition coefficient (Wildman–Crippen LogP) is 2.91. The molecule has 1 amide bonds. The van der Waals surface area contributed by atoms with Gasteiger partial charge >= 0.3 is 5.97 Å². The third-order valence-corrected chi connectivity index (χ3v) is 5.76. The lowest BCUT2D eigenvalue weighted by Gasteiger charge is -2.31. The fourth-order valence-electron chi connectivity index (χ4n) is 3.49. The normalized spacial score (nSPS) is 16.8. The van der Waals surface area contributed by atoms with Crippen LogP contribution in [0.15, 0.2) is 12.1 Å². The smallest absolute Gasteiger partial charge is 0.331 e. The topological polar surface area (TPSA) is 90.0 Å². The number of nitrogens with one attached hydrogen (secondary N) is 1. The van der Waals surface area contributed by atoms with Crippen LogP contribution in [0.5, 0.6) is 5.88 Å². The molecule has 2 fully saturated rings. The number of hydrogen-bond acceptors (Lipinski definition) is 7. The van der Waals surface area contributed by atoms with Crippen molar-refractivity contribution < 1.29 is 23.8 Å². The van der Waals surface area contributed by atoms with Crippen LogP contribution < -0.4 is 15.0 Å². The van der Waals surface area contributed by atoms with E-state index < -0.39 is 17.4 Å². The van der Waals surface area contributed by atoms with Gasteiger partial charge in [-0.05, 0) is 57.1 Å². The van der Waals surface area contributed by atoms with Crippen molar-refractivity contribution in [1.29, 1.82) is 0 Å². The first-order valence-electron chi connectivity index (χ1n) is 11.0. The first-order chi connectivity index (χ1) is 14.5. The molecule has 0 bridgehead atoms. The van der Waals surface area contributed by atoms with E-state index in [9.17, 15) is 9.59 Å². The van der Waals surface area contributed by atoms with Gasteiger partial charge in [0.1, 0.15) is 23.7 Å². The predicted molar refractivity (Wildman–Crippen MR) is 113 cm³/mol. The third-order valence-electron chi connectivity index (χ3n) is 5.76. The Morgan fingerprint density at radius 2 is 2.03 bits per heavy atom. The molecule has 0 unspecified atom stereocenters. The Kier molecular flexibility index (Phi) is 7.53. The first-order valence-corrected chi connectivity index (χ1v) is 11.0.